The van der Waals surface area contributed by atoms with Crippen LogP contribution in [0, 0.1) is 12.8 Å². The van der Waals surface area contributed by atoms with E-state index in [1.54, 1.807) is 6.07 Å². The van der Waals surface area contributed by atoms with Gasteiger partial charge in [-0.3, -0.25) is 23.9 Å². The SMILES string of the molecule is CCCCn1c(N)c(N(CCC(C)C)C(=O)CNC(=O)c2ccc(C)s2)c(=O)[nH]c1=O. The Bertz CT molecular complexity index is 1040. The van der Waals surface area contributed by atoms with E-state index in [-0.39, 0.29) is 36.4 Å². The summed E-state index contributed by atoms with van der Waals surface area (Å²) in [6.45, 7) is 8.15. The summed E-state index contributed by atoms with van der Waals surface area (Å²) in [6, 6.07) is 3.53. The van der Waals surface area contributed by atoms with Crippen LogP contribution in [0.2, 0.25) is 0 Å². The second kappa shape index (κ2) is 10.9. The smallest absolute Gasteiger partial charge is 0.330 e. The lowest BCUT2D eigenvalue weighted by Gasteiger charge is -2.25. The molecule has 0 saturated heterocycles. The Morgan fingerprint density at radius 2 is 2.00 bits per heavy atom. The van der Waals surface area contributed by atoms with Gasteiger partial charge in [0, 0.05) is 18.0 Å². The number of unbranched alkanes of at least 4 members (excludes halogenated alkanes) is 1. The summed E-state index contributed by atoms with van der Waals surface area (Å²) >= 11 is 1.33. The van der Waals surface area contributed by atoms with Gasteiger partial charge in [-0.15, -0.1) is 11.3 Å². The molecule has 0 aliphatic carbocycles. The lowest BCUT2D eigenvalue weighted by molar-refractivity contribution is -0.117. The van der Waals surface area contributed by atoms with E-state index in [1.807, 2.05) is 33.8 Å². The highest BCUT2D eigenvalue weighted by molar-refractivity contribution is 7.13. The molecule has 31 heavy (non-hydrogen) atoms. The maximum atomic E-state index is 13.0. The average Bonchev–Trinajstić information content (AvgIpc) is 3.14. The molecule has 2 rings (SSSR count). The van der Waals surface area contributed by atoms with Crippen molar-refractivity contribution in [2.24, 2.45) is 5.92 Å². The number of hydrogen-bond donors (Lipinski definition) is 3. The largest absolute Gasteiger partial charge is 0.383 e. The number of nitrogens with two attached hydrogens (primary N) is 1. The quantitative estimate of drug-likeness (QED) is 0.511. The van der Waals surface area contributed by atoms with Crippen LogP contribution in [0.15, 0.2) is 21.7 Å². The number of aryl methyl sites for hydroxylation is 1. The van der Waals surface area contributed by atoms with Crippen molar-refractivity contribution in [2.75, 3.05) is 23.7 Å². The van der Waals surface area contributed by atoms with Gasteiger partial charge >= 0.3 is 5.69 Å². The number of carbonyl (C=O) groups is 2. The molecule has 0 aliphatic rings. The highest BCUT2D eigenvalue weighted by Crippen LogP contribution is 2.19. The molecular formula is C21H31N5O4S. The maximum absolute atomic E-state index is 13.0. The number of hydrogen-bond acceptors (Lipinski definition) is 6. The molecule has 2 heterocycles. The molecule has 0 aliphatic heterocycles. The van der Waals surface area contributed by atoms with Gasteiger partial charge in [-0.25, -0.2) is 4.79 Å². The molecule has 0 radical (unpaired) electrons. The third-order valence-corrected chi connectivity index (χ3v) is 5.81. The molecule has 2 aromatic heterocycles. The molecule has 2 amide bonds. The van der Waals surface area contributed by atoms with Gasteiger partial charge in [0.1, 0.15) is 5.82 Å². The number of H-pyrrole nitrogens is 1. The number of nitrogen functional groups attached to an aromatic ring is 1. The first kappa shape index (κ1) is 24.4. The fourth-order valence-electron chi connectivity index (χ4n) is 3.02. The second-order valence-corrected chi connectivity index (χ2v) is 9.11. The molecular weight excluding hydrogens is 418 g/mol. The number of amides is 2. The summed E-state index contributed by atoms with van der Waals surface area (Å²) in [5.41, 5.74) is 4.82. The molecule has 10 heteroatoms. The highest BCUT2D eigenvalue weighted by atomic mass is 32.1. The van der Waals surface area contributed by atoms with E-state index in [9.17, 15) is 19.2 Å². The number of carbonyl (C=O) groups excluding carboxylic acids is 2. The van der Waals surface area contributed by atoms with Crippen LogP contribution >= 0.6 is 11.3 Å². The van der Waals surface area contributed by atoms with Gasteiger partial charge < -0.3 is 16.0 Å². The zero-order chi connectivity index (χ0) is 23.1. The molecule has 170 valence electrons. The number of nitrogens with one attached hydrogen (secondary N) is 2. The van der Waals surface area contributed by atoms with Gasteiger partial charge in [-0.2, -0.15) is 0 Å². The Morgan fingerprint density at radius 1 is 1.29 bits per heavy atom. The van der Waals surface area contributed by atoms with Crippen LogP contribution in [0.5, 0.6) is 0 Å². The van der Waals surface area contributed by atoms with E-state index in [4.69, 9.17) is 5.73 Å². The molecule has 0 aromatic carbocycles. The number of thiophene rings is 1. The van der Waals surface area contributed by atoms with Gasteiger partial charge in [0.15, 0.2) is 5.69 Å². The summed E-state index contributed by atoms with van der Waals surface area (Å²) in [4.78, 5) is 55.2. The van der Waals surface area contributed by atoms with Crippen molar-refractivity contribution in [3.8, 4) is 0 Å². The van der Waals surface area contributed by atoms with Crippen LogP contribution < -0.4 is 27.2 Å². The molecule has 0 fully saturated rings. The summed E-state index contributed by atoms with van der Waals surface area (Å²) < 4.78 is 1.28. The molecule has 0 unspecified atom stereocenters. The number of nitrogens with zero attached hydrogens (tertiary/aromatic N) is 2. The number of anilines is 2. The minimum atomic E-state index is -0.715. The Hall–Kier alpha value is -2.88. The number of aromatic nitrogens is 2. The molecule has 0 spiro atoms. The summed E-state index contributed by atoms with van der Waals surface area (Å²) in [6.07, 6.45) is 2.16. The summed E-state index contributed by atoms with van der Waals surface area (Å²) in [5, 5.41) is 2.61. The van der Waals surface area contributed by atoms with E-state index in [0.29, 0.717) is 24.3 Å². The van der Waals surface area contributed by atoms with Crippen LogP contribution in [-0.2, 0) is 11.3 Å². The predicted octanol–water partition coefficient (Wildman–Crippen LogP) is 2.10. The predicted molar refractivity (Wildman–Crippen MR) is 124 cm³/mol. The lowest BCUT2D eigenvalue weighted by Crippen LogP contribution is -2.45. The Kier molecular flexibility index (Phi) is 8.61. The Morgan fingerprint density at radius 3 is 2.58 bits per heavy atom. The minimum Gasteiger partial charge on any atom is -0.383 e. The van der Waals surface area contributed by atoms with E-state index >= 15 is 0 Å². The number of rotatable bonds is 10. The zero-order valence-corrected chi connectivity index (χ0v) is 19.3. The Labute approximate surface area is 185 Å². The first-order valence-electron chi connectivity index (χ1n) is 10.4. The van der Waals surface area contributed by atoms with Gasteiger partial charge in [-0.1, -0.05) is 27.2 Å². The van der Waals surface area contributed by atoms with E-state index in [0.717, 1.165) is 11.3 Å². The lowest BCUT2D eigenvalue weighted by atomic mass is 10.1. The molecule has 4 N–H and O–H groups in total. The average molecular weight is 450 g/mol. The van der Waals surface area contributed by atoms with E-state index < -0.39 is 17.2 Å². The molecule has 0 bridgehead atoms. The van der Waals surface area contributed by atoms with Crippen molar-refractivity contribution in [1.82, 2.24) is 14.9 Å². The van der Waals surface area contributed by atoms with Crippen LogP contribution in [-0.4, -0.2) is 34.5 Å². The monoisotopic (exact) mass is 449 g/mol. The topological polar surface area (TPSA) is 130 Å². The fourth-order valence-corrected chi connectivity index (χ4v) is 3.80. The molecule has 0 saturated carbocycles. The van der Waals surface area contributed by atoms with Crippen LogP contribution in [0.25, 0.3) is 0 Å². The van der Waals surface area contributed by atoms with Crippen LogP contribution in [0.4, 0.5) is 11.5 Å². The van der Waals surface area contributed by atoms with Crippen molar-refractivity contribution >= 4 is 34.7 Å². The van der Waals surface area contributed by atoms with Crippen molar-refractivity contribution in [3.05, 3.63) is 42.7 Å². The van der Waals surface area contributed by atoms with Gasteiger partial charge in [0.05, 0.1) is 11.4 Å². The Balaban J connectivity index is 2.32. The van der Waals surface area contributed by atoms with Crippen molar-refractivity contribution in [2.45, 2.75) is 53.5 Å². The standard InChI is InChI=1S/C21H31N5O4S/c1-5-6-10-26-18(22)17(20(29)24-21(26)30)25(11-9-13(2)3)16(27)12-23-19(28)15-8-7-14(4)31-15/h7-8,13H,5-6,9-12,22H2,1-4H3,(H,23,28)(H,24,29,30). The first-order valence-corrected chi connectivity index (χ1v) is 11.2. The second-order valence-electron chi connectivity index (χ2n) is 7.82. The summed E-state index contributed by atoms with van der Waals surface area (Å²) in [7, 11) is 0. The van der Waals surface area contributed by atoms with Crippen molar-refractivity contribution in [1.29, 1.82) is 0 Å². The molecule has 2 aromatic rings. The number of aromatic amines is 1. The van der Waals surface area contributed by atoms with Crippen molar-refractivity contribution < 1.29 is 9.59 Å². The summed E-state index contributed by atoms with van der Waals surface area (Å²) in [5.74, 6) is -0.602. The molecule has 9 nitrogen and oxygen atoms in total. The van der Waals surface area contributed by atoms with Gasteiger partial charge in [-0.05, 0) is 37.8 Å². The fraction of sp³-hybridized carbons (Fsp3) is 0.524. The maximum Gasteiger partial charge on any atom is 0.330 e. The first-order chi connectivity index (χ1) is 14.6. The highest BCUT2D eigenvalue weighted by Gasteiger charge is 2.25. The van der Waals surface area contributed by atoms with E-state index in [2.05, 4.69) is 10.3 Å². The normalized spacial score (nSPS) is 11.0. The zero-order valence-electron chi connectivity index (χ0n) is 18.5. The van der Waals surface area contributed by atoms with E-state index in [1.165, 1.54) is 20.8 Å². The third kappa shape index (κ3) is 6.30. The van der Waals surface area contributed by atoms with Gasteiger partial charge in [0.25, 0.3) is 11.5 Å². The van der Waals surface area contributed by atoms with Gasteiger partial charge in [0.2, 0.25) is 5.91 Å². The third-order valence-electron chi connectivity index (χ3n) is 4.81. The van der Waals surface area contributed by atoms with Crippen LogP contribution in [0.3, 0.4) is 0 Å². The molecule has 0 atom stereocenters. The van der Waals surface area contributed by atoms with Crippen LogP contribution in [0.1, 0.15) is 54.6 Å². The van der Waals surface area contributed by atoms with Crippen molar-refractivity contribution in [3.63, 3.8) is 0 Å². The minimum absolute atomic E-state index is 0.0421.